The molecular formula is C19H21N5OS2. The molecule has 1 aliphatic carbocycles. The van der Waals surface area contributed by atoms with Gasteiger partial charge in [0, 0.05) is 24.4 Å². The summed E-state index contributed by atoms with van der Waals surface area (Å²) < 4.78 is 2.84. The number of hydrogen-bond donors (Lipinski definition) is 0. The number of thioether (sulfide) groups is 1. The van der Waals surface area contributed by atoms with Gasteiger partial charge < -0.3 is 0 Å². The number of aryl methyl sites for hydroxylation is 2. The first-order valence-corrected chi connectivity index (χ1v) is 10.7. The maximum atomic E-state index is 11.8. The molecule has 2 aromatic heterocycles. The summed E-state index contributed by atoms with van der Waals surface area (Å²) in [6.45, 7) is 5.65. The molecule has 1 amide bonds. The molecule has 1 fully saturated rings. The maximum absolute atomic E-state index is 11.8. The van der Waals surface area contributed by atoms with E-state index in [4.69, 9.17) is 0 Å². The van der Waals surface area contributed by atoms with Crippen molar-refractivity contribution in [2.75, 3.05) is 4.90 Å². The number of hydrogen-bond acceptors (Lipinski definition) is 6. The van der Waals surface area contributed by atoms with Crippen molar-refractivity contribution < 1.29 is 4.79 Å². The van der Waals surface area contributed by atoms with Crippen LogP contribution in [0.4, 0.5) is 5.13 Å². The number of rotatable bonds is 6. The number of carbonyl (C=O) groups excluding carboxylic acids is 1. The molecule has 0 spiro atoms. The van der Waals surface area contributed by atoms with Gasteiger partial charge in [0.05, 0.1) is 11.4 Å². The third kappa shape index (κ3) is 4.06. The molecule has 2 heterocycles. The summed E-state index contributed by atoms with van der Waals surface area (Å²) in [5.41, 5.74) is 4.42. The van der Waals surface area contributed by atoms with E-state index in [1.54, 1.807) is 23.6 Å². The lowest BCUT2D eigenvalue weighted by Gasteiger charge is -2.15. The molecule has 1 aromatic carbocycles. The molecule has 140 valence electrons. The van der Waals surface area contributed by atoms with E-state index in [1.807, 2.05) is 11.6 Å². The summed E-state index contributed by atoms with van der Waals surface area (Å²) in [6.07, 6.45) is 2.12. The molecule has 0 saturated heterocycles. The Balaban J connectivity index is 1.40. The standard InChI is InChI=1S/C19H21N5OS2/c1-12-10-13(2)24(22-12)17-6-4-15(5-7-17)11-26-19-21-20-18(27-19)23(14(3)25)16-8-9-16/h4-7,10,16H,8-9,11H2,1-3H3. The lowest BCUT2D eigenvalue weighted by molar-refractivity contribution is -0.116. The Morgan fingerprint density at radius 1 is 1.26 bits per heavy atom. The topological polar surface area (TPSA) is 63.9 Å². The molecular weight excluding hydrogens is 378 g/mol. The minimum Gasteiger partial charge on any atom is -0.284 e. The molecule has 0 bridgehead atoms. The van der Waals surface area contributed by atoms with Crippen LogP contribution < -0.4 is 4.90 Å². The Labute approximate surface area is 166 Å². The number of anilines is 1. The van der Waals surface area contributed by atoms with E-state index >= 15 is 0 Å². The van der Waals surface area contributed by atoms with Gasteiger partial charge in [-0.15, -0.1) is 10.2 Å². The Morgan fingerprint density at radius 3 is 2.59 bits per heavy atom. The number of carbonyl (C=O) groups is 1. The second-order valence-electron chi connectivity index (χ2n) is 6.76. The van der Waals surface area contributed by atoms with E-state index in [1.165, 1.54) is 16.9 Å². The van der Waals surface area contributed by atoms with E-state index < -0.39 is 0 Å². The molecule has 6 nitrogen and oxygen atoms in total. The first-order chi connectivity index (χ1) is 13.0. The van der Waals surface area contributed by atoms with Gasteiger partial charge in [-0.2, -0.15) is 5.10 Å². The maximum Gasteiger partial charge on any atom is 0.225 e. The highest BCUT2D eigenvalue weighted by atomic mass is 32.2. The lowest BCUT2D eigenvalue weighted by Crippen LogP contribution is -2.30. The molecule has 0 aliphatic heterocycles. The van der Waals surface area contributed by atoms with Crippen molar-refractivity contribution in [3.63, 3.8) is 0 Å². The Morgan fingerprint density at radius 2 is 2.00 bits per heavy atom. The summed E-state index contributed by atoms with van der Waals surface area (Å²) in [4.78, 5) is 13.6. The number of amides is 1. The molecule has 1 saturated carbocycles. The van der Waals surface area contributed by atoms with Crippen LogP contribution in [0.25, 0.3) is 5.69 Å². The molecule has 8 heteroatoms. The van der Waals surface area contributed by atoms with Crippen LogP contribution in [0.5, 0.6) is 0 Å². The highest BCUT2D eigenvalue weighted by Gasteiger charge is 2.34. The lowest BCUT2D eigenvalue weighted by atomic mass is 10.2. The Hall–Kier alpha value is -2.19. The quantitative estimate of drug-likeness (QED) is 0.460. The summed E-state index contributed by atoms with van der Waals surface area (Å²) in [5.74, 6) is 0.861. The SMILES string of the molecule is CC(=O)N(c1nnc(SCc2ccc(-n3nc(C)cc3C)cc2)s1)C1CC1. The minimum atomic E-state index is 0.0462. The minimum absolute atomic E-state index is 0.0462. The second-order valence-corrected chi connectivity index (χ2v) is 8.94. The summed E-state index contributed by atoms with van der Waals surface area (Å²) >= 11 is 3.14. The first kappa shape index (κ1) is 18.2. The van der Waals surface area contributed by atoms with Crippen LogP contribution in [0.1, 0.15) is 36.7 Å². The smallest absolute Gasteiger partial charge is 0.225 e. The average Bonchev–Trinajstić information content (AvgIpc) is 3.25. The van der Waals surface area contributed by atoms with Gasteiger partial charge in [0.2, 0.25) is 11.0 Å². The van der Waals surface area contributed by atoms with Gasteiger partial charge in [0.15, 0.2) is 4.34 Å². The molecule has 0 unspecified atom stereocenters. The fourth-order valence-corrected chi connectivity index (χ4v) is 4.92. The van der Waals surface area contributed by atoms with Crippen molar-refractivity contribution >= 4 is 34.1 Å². The summed E-state index contributed by atoms with van der Waals surface area (Å²) in [7, 11) is 0. The second kappa shape index (κ2) is 7.44. The molecule has 4 rings (SSSR count). The first-order valence-electron chi connectivity index (χ1n) is 8.90. The van der Waals surface area contributed by atoms with Crippen molar-refractivity contribution in [1.29, 1.82) is 0 Å². The zero-order valence-corrected chi connectivity index (χ0v) is 17.2. The fraction of sp³-hybridized carbons (Fsp3) is 0.368. The van der Waals surface area contributed by atoms with E-state index in [2.05, 4.69) is 52.6 Å². The van der Waals surface area contributed by atoms with Crippen LogP contribution in [0.3, 0.4) is 0 Å². The zero-order valence-electron chi connectivity index (χ0n) is 15.5. The van der Waals surface area contributed by atoms with Gasteiger partial charge in [0.1, 0.15) is 0 Å². The van der Waals surface area contributed by atoms with E-state index in [0.717, 1.165) is 40.0 Å². The Bertz CT molecular complexity index is 959. The largest absolute Gasteiger partial charge is 0.284 e. The number of aromatic nitrogens is 4. The molecule has 27 heavy (non-hydrogen) atoms. The summed E-state index contributed by atoms with van der Waals surface area (Å²) in [6, 6.07) is 10.8. The van der Waals surface area contributed by atoms with Crippen molar-refractivity contribution in [3.05, 3.63) is 47.3 Å². The van der Waals surface area contributed by atoms with Gasteiger partial charge in [-0.3, -0.25) is 9.69 Å². The number of nitrogens with zero attached hydrogens (tertiary/aromatic N) is 5. The van der Waals surface area contributed by atoms with Crippen molar-refractivity contribution in [2.45, 2.75) is 49.7 Å². The van der Waals surface area contributed by atoms with Gasteiger partial charge in [-0.1, -0.05) is 35.2 Å². The van der Waals surface area contributed by atoms with Gasteiger partial charge in [-0.05, 0) is 50.5 Å². The predicted octanol–water partition coefficient (Wildman–Crippen LogP) is 4.15. The summed E-state index contributed by atoms with van der Waals surface area (Å²) in [5, 5.41) is 13.7. The normalized spacial score (nSPS) is 13.7. The third-order valence-electron chi connectivity index (χ3n) is 4.41. The van der Waals surface area contributed by atoms with Crippen LogP contribution in [-0.4, -0.2) is 31.9 Å². The van der Waals surface area contributed by atoms with Gasteiger partial charge in [0.25, 0.3) is 0 Å². The van der Waals surface area contributed by atoms with Crippen molar-refractivity contribution in [1.82, 2.24) is 20.0 Å². The van der Waals surface area contributed by atoms with Gasteiger partial charge in [-0.25, -0.2) is 4.68 Å². The number of benzene rings is 1. The average molecular weight is 400 g/mol. The van der Waals surface area contributed by atoms with Crippen LogP contribution in [0.15, 0.2) is 34.7 Å². The zero-order chi connectivity index (χ0) is 19.0. The van der Waals surface area contributed by atoms with Crippen LogP contribution >= 0.6 is 23.1 Å². The Kier molecular flexibility index (Phi) is 5.01. The van der Waals surface area contributed by atoms with Crippen LogP contribution in [-0.2, 0) is 10.5 Å². The van der Waals surface area contributed by atoms with E-state index in [0.29, 0.717) is 11.2 Å². The molecule has 0 radical (unpaired) electrons. The third-order valence-corrected chi connectivity index (χ3v) is 6.53. The monoisotopic (exact) mass is 399 g/mol. The fourth-order valence-electron chi connectivity index (χ4n) is 3.01. The molecule has 3 aromatic rings. The highest BCUT2D eigenvalue weighted by molar-refractivity contribution is 8.00. The van der Waals surface area contributed by atoms with Crippen LogP contribution in [0, 0.1) is 13.8 Å². The van der Waals surface area contributed by atoms with Crippen molar-refractivity contribution in [3.8, 4) is 5.69 Å². The van der Waals surface area contributed by atoms with Crippen LogP contribution in [0.2, 0.25) is 0 Å². The molecule has 0 N–H and O–H groups in total. The van der Waals surface area contributed by atoms with E-state index in [9.17, 15) is 4.79 Å². The molecule has 1 aliphatic rings. The van der Waals surface area contributed by atoms with Crippen molar-refractivity contribution in [2.24, 2.45) is 0 Å². The highest BCUT2D eigenvalue weighted by Crippen LogP contribution is 2.36. The van der Waals surface area contributed by atoms with E-state index in [-0.39, 0.29) is 5.91 Å². The van der Waals surface area contributed by atoms with Gasteiger partial charge >= 0.3 is 0 Å². The predicted molar refractivity (Wildman–Crippen MR) is 109 cm³/mol. The molecule has 0 atom stereocenters.